The molecule has 2 atom stereocenters. The Morgan fingerprint density at radius 2 is 2.00 bits per heavy atom. The van der Waals surface area contributed by atoms with Crippen molar-refractivity contribution < 1.29 is 9.90 Å². The minimum atomic E-state index is -0.691. The molecule has 0 aliphatic carbocycles. The number of rotatable bonds is 5. The van der Waals surface area contributed by atoms with Gasteiger partial charge >= 0.3 is 0 Å². The Balaban J connectivity index is 2.69. The molecule has 0 amide bonds. The SMILES string of the molecule is C=C[C@@H](C)[C@H](O)/C=C/C(=O)c1ccc(Cl)cc1. The molecule has 1 N–H and O–H groups in total. The molecule has 1 rings (SSSR count). The zero-order valence-electron chi connectivity index (χ0n) is 9.64. The van der Waals surface area contributed by atoms with Crippen LogP contribution in [0.3, 0.4) is 0 Å². The van der Waals surface area contributed by atoms with Gasteiger partial charge in [-0.05, 0) is 30.3 Å². The van der Waals surface area contributed by atoms with Crippen LogP contribution in [0.5, 0.6) is 0 Å². The third kappa shape index (κ3) is 4.17. The van der Waals surface area contributed by atoms with E-state index in [1.807, 2.05) is 6.92 Å². The number of benzene rings is 1. The highest BCUT2D eigenvalue weighted by atomic mass is 35.5. The largest absolute Gasteiger partial charge is 0.388 e. The zero-order valence-corrected chi connectivity index (χ0v) is 10.4. The molecular formula is C14H15ClO2. The van der Waals surface area contributed by atoms with E-state index in [4.69, 9.17) is 11.6 Å². The number of ketones is 1. The molecule has 0 unspecified atom stereocenters. The van der Waals surface area contributed by atoms with Gasteiger partial charge in [-0.1, -0.05) is 30.7 Å². The fourth-order valence-corrected chi connectivity index (χ4v) is 1.34. The van der Waals surface area contributed by atoms with E-state index in [1.165, 1.54) is 12.2 Å². The van der Waals surface area contributed by atoms with Crippen LogP contribution in [0, 0.1) is 5.92 Å². The first-order valence-corrected chi connectivity index (χ1v) is 5.71. The second-order valence-electron chi connectivity index (χ2n) is 3.82. The van der Waals surface area contributed by atoms with Crippen molar-refractivity contribution in [1.82, 2.24) is 0 Å². The topological polar surface area (TPSA) is 37.3 Å². The van der Waals surface area contributed by atoms with Crippen LogP contribution in [0.1, 0.15) is 17.3 Å². The molecule has 0 fully saturated rings. The van der Waals surface area contributed by atoms with Crippen LogP contribution in [-0.4, -0.2) is 17.0 Å². The van der Waals surface area contributed by atoms with Crippen molar-refractivity contribution in [1.29, 1.82) is 0 Å². The summed E-state index contributed by atoms with van der Waals surface area (Å²) in [7, 11) is 0. The highest BCUT2D eigenvalue weighted by molar-refractivity contribution is 6.30. The molecule has 1 aromatic rings. The molecule has 1 aromatic carbocycles. The maximum absolute atomic E-state index is 11.7. The predicted octanol–water partition coefficient (Wildman–Crippen LogP) is 3.26. The summed E-state index contributed by atoms with van der Waals surface area (Å²) in [4.78, 5) is 11.7. The van der Waals surface area contributed by atoms with E-state index in [-0.39, 0.29) is 11.7 Å². The molecule has 3 heteroatoms. The van der Waals surface area contributed by atoms with E-state index in [1.54, 1.807) is 30.3 Å². The third-order valence-corrected chi connectivity index (χ3v) is 2.74. The van der Waals surface area contributed by atoms with Gasteiger partial charge in [0.15, 0.2) is 5.78 Å². The molecule has 0 aromatic heterocycles. The van der Waals surface area contributed by atoms with Crippen molar-refractivity contribution in [2.45, 2.75) is 13.0 Å². The number of aliphatic hydroxyl groups is 1. The Morgan fingerprint density at radius 3 is 2.53 bits per heavy atom. The Bertz CT molecular complexity index is 420. The summed E-state index contributed by atoms with van der Waals surface area (Å²) in [6.07, 6.45) is 3.79. The molecule has 0 saturated heterocycles. The molecule has 0 spiro atoms. The highest BCUT2D eigenvalue weighted by Crippen LogP contribution is 2.11. The number of hydrogen-bond donors (Lipinski definition) is 1. The van der Waals surface area contributed by atoms with Gasteiger partial charge in [0.25, 0.3) is 0 Å². The average Bonchev–Trinajstić information content (AvgIpc) is 2.35. The standard InChI is InChI=1S/C14H15ClO2/c1-3-10(2)13(16)8-9-14(17)11-4-6-12(15)7-5-11/h3-10,13,16H,1H2,2H3/b9-8+/t10-,13-/m1/s1. The van der Waals surface area contributed by atoms with Gasteiger partial charge in [-0.25, -0.2) is 0 Å². The van der Waals surface area contributed by atoms with Crippen molar-refractivity contribution in [3.05, 3.63) is 59.7 Å². The number of halogens is 1. The summed E-state index contributed by atoms with van der Waals surface area (Å²) >= 11 is 5.72. The first kappa shape index (κ1) is 13.7. The van der Waals surface area contributed by atoms with Gasteiger partial charge in [0.1, 0.15) is 0 Å². The minimum Gasteiger partial charge on any atom is -0.388 e. The summed E-state index contributed by atoms with van der Waals surface area (Å²) in [5.41, 5.74) is 0.545. The zero-order chi connectivity index (χ0) is 12.8. The fourth-order valence-electron chi connectivity index (χ4n) is 1.21. The molecule has 0 saturated carbocycles. The molecule has 0 aliphatic rings. The van der Waals surface area contributed by atoms with Gasteiger partial charge in [0.05, 0.1) is 6.10 Å². The highest BCUT2D eigenvalue weighted by Gasteiger charge is 2.07. The minimum absolute atomic E-state index is 0.0794. The van der Waals surface area contributed by atoms with E-state index in [2.05, 4.69) is 6.58 Å². The maximum atomic E-state index is 11.7. The van der Waals surface area contributed by atoms with Crippen LogP contribution in [0.4, 0.5) is 0 Å². The molecule has 0 bridgehead atoms. The summed E-state index contributed by atoms with van der Waals surface area (Å²) in [5.74, 6) is -0.235. The first-order chi connectivity index (χ1) is 8.04. The van der Waals surface area contributed by atoms with E-state index >= 15 is 0 Å². The second kappa shape index (κ2) is 6.38. The number of allylic oxidation sites excluding steroid dienone is 1. The van der Waals surface area contributed by atoms with Crippen molar-refractivity contribution >= 4 is 17.4 Å². The number of carbonyl (C=O) groups excluding carboxylic acids is 1. The lowest BCUT2D eigenvalue weighted by atomic mass is 10.0. The number of aliphatic hydroxyl groups excluding tert-OH is 1. The smallest absolute Gasteiger partial charge is 0.185 e. The molecule has 0 aliphatic heterocycles. The van der Waals surface area contributed by atoms with Crippen LogP contribution < -0.4 is 0 Å². The van der Waals surface area contributed by atoms with Gasteiger partial charge in [-0.15, -0.1) is 6.58 Å². The van der Waals surface area contributed by atoms with E-state index < -0.39 is 6.10 Å². The molecule has 2 nitrogen and oxygen atoms in total. The summed E-state index contributed by atoms with van der Waals surface area (Å²) in [5, 5.41) is 10.2. The Kier molecular flexibility index (Phi) is 5.13. The Hall–Kier alpha value is -1.38. The van der Waals surface area contributed by atoms with Crippen molar-refractivity contribution in [3.63, 3.8) is 0 Å². The predicted molar refractivity (Wildman–Crippen MR) is 70.3 cm³/mol. The van der Waals surface area contributed by atoms with E-state index in [9.17, 15) is 9.90 Å². The summed E-state index contributed by atoms with van der Waals surface area (Å²) in [6.45, 7) is 5.41. The lowest BCUT2D eigenvalue weighted by molar-refractivity contribution is 0.104. The lowest BCUT2D eigenvalue weighted by Gasteiger charge is -2.09. The van der Waals surface area contributed by atoms with E-state index in [0.29, 0.717) is 10.6 Å². The average molecular weight is 251 g/mol. The lowest BCUT2D eigenvalue weighted by Crippen LogP contribution is -2.12. The summed E-state index contributed by atoms with van der Waals surface area (Å²) < 4.78 is 0. The molecular weight excluding hydrogens is 236 g/mol. The van der Waals surface area contributed by atoms with Crippen molar-refractivity contribution in [2.24, 2.45) is 5.92 Å². The van der Waals surface area contributed by atoms with Gasteiger partial charge < -0.3 is 5.11 Å². The number of carbonyl (C=O) groups is 1. The third-order valence-electron chi connectivity index (χ3n) is 2.48. The fraction of sp³-hybridized carbons (Fsp3) is 0.214. The van der Waals surface area contributed by atoms with E-state index in [0.717, 1.165) is 0 Å². The Morgan fingerprint density at radius 1 is 1.41 bits per heavy atom. The van der Waals surface area contributed by atoms with Crippen molar-refractivity contribution in [2.75, 3.05) is 0 Å². The van der Waals surface area contributed by atoms with Crippen LogP contribution in [0.25, 0.3) is 0 Å². The van der Waals surface area contributed by atoms with Crippen LogP contribution >= 0.6 is 11.6 Å². The summed E-state index contributed by atoms with van der Waals surface area (Å²) in [6, 6.07) is 6.62. The van der Waals surface area contributed by atoms with Gasteiger partial charge in [0, 0.05) is 16.5 Å². The quantitative estimate of drug-likeness (QED) is 0.495. The molecule has 0 radical (unpaired) electrons. The van der Waals surface area contributed by atoms with Crippen molar-refractivity contribution in [3.8, 4) is 0 Å². The van der Waals surface area contributed by atoms with Gasteiger partial charge in [-0.2, -0.15) is 0 Å². The van der Waals surface area contributed by atoms with Crippen LogP contribution in [0.2, 0.25) is 5.02 Å². The normalized spacial score (nSPS) is 14.5. The maximum Gasteiger partial charge on any atom is 0.185 e. The number of hydrogen-bond acceptors (Lipinski definition) is 2. The molecule has 90 valence electrons. The molecule has 0 heterocycles. The Labute approximate surface area is 106 Å². The monoisotopic (exact) mass is 250 g/mol. The van der Waals surface area contributed by atoms with Crippen LogP contribution in [0.15, 0.2) is 49.1 Å². The first-order valence-electron chi connectivity index (χ1n) is 5.33. The van der Waals surface area contributed by atoms with Crippen LogP contribution in [-0.2, 0) is 0 Å². The molecule has 17 heavy (non-hydrogen) atoms. The van der Waals surface area contributed by atoms with Gasteiger partial charge in [-0.3, -0.25) is 4.79 Å². The second-order valence-corrected chi connectivity index (χ2v) is 4.25. The van der Waals surface area contributed by atoms with Gasteiger partial charge in [0.2, 0.25) is 0 Å².